The molecule has 0 aliphatic carbocycles. The lowest BCUT2D eigenvalue weighted by molar-refractivity contribution is 0.0173. The van der Waals surface area contributed by atoms with Crippen LogP contribution in [0.3, 0.4) is 0 Å². The molecule has 0 N–H and O–H groups in total. The third kappa shape index (κ3) is 6.38. The zero-order chi connectivity index (χ0) is 18.4. The summed E-state index contributed by atoms with van der Waals surface area (Å²) < 4.78 is 34.3. The first-order chi connectivity index (χ1) is 10.5. The molecular weight excluding hydrogens is 332 g/mol. The van der Waals surface area contributed by atoms with E-state index in [9.17, 15) is 0 Å². The summed E-state index contributed by atoms with van der Waals surface area (Å²) in [5.74, 6) is 5.12. The largest absolute Gasteiger partial charge is 0.506 e. The molecule has 6 nitrogen and oxygen atoms in total. The monoisotopic (exact) mass is 360 g/mol. The third-order valence-corrected chi connectivity index (χ3v) is 10.8. The van der Waals surface area contributed by atoms with Gasteiger partial charge in [0.25, 0.3) is 0 Å². The van der Waals surface area contributed by atoms with E-state index in [1.54, 1.807) is 27.7 Å². The van der Waals surface area contributed by atoms with E-state index >= 15 is 0 Å². The second-order valence-corrected chi connectivity index (χ2v) is 12.1. The van der Waals surface area contributed by atoms with Crippen LogP contribution in [0.5, 0.6) is 0 Å². The first kappa shape index (κ1) is 22.3. The van der Waals surface area contributed by atoms with Gasteiger partial charge in [-0.25, -0.2) is 0 Å². The maximum atomic E-state index is 5.98. The summed E-state index contributed by atoms with van der Waals surface area (Å²) in [6.07, 6.45) is 11.0. The van der Waals surface area contributed by atoms with Crippen LogP contribution >= 0.6 is 0 Å². The van der Waals surface area contributed by atoms with Gasteiger partial charge in [0, 0.05) is 28.4 Å². The number of hydrogen-bond donors (Lipinski definition) is 0. The summed E-state index contributed by atoms with van der Waals surface area (Å²) in [6.45, 7) is 7.01. The zero-order valence-electron chi connectivity index (χ0n) is 15.3. The third-order valence-electron chi connectivity index (χ3n) is 3.19. The lowest BCUT2D eigenvalue weighted by Gasteiger charge is -2.39. The molecule has 0 rings (SSSR count). The van der Waals surface area contributed by atoms with E-state index in [0.717, 1.165) is 0 Å². The Morgan fingerprint density at radius 1 is 0.696 bits per heavy atom. The summed E-state index contributed by atoms with van der Waals surface area (Å²) in [7, 11) is -0.432. The molecule has 132 valence electrons. The van der Waals surface area contributed by atoms with Gasteiger partial charge in [-0.05, 0) is 27.7 Å². The van der Waals surface area contributed by atoms with Crippen LogP contribution in [0.25, 0.3) is 0 Å². The maximum absolute atomic E-state index is 5.98. The van der Waals surface area contributed by atoms with E-state index in [1.165, 1.54) is 28.4 Å². The van der Waals surface area contributed by atoms with Gasteiger partial charge in [0.05, 0.1) is 5.67 Å². The number of hydrogen-bond acceptors (Lipinski definition) is 6. The van der Waals surface area contributed by atoms with Gasteiger partial charge < -0.3 is 26.6 Å². The molecule has 0 heterocycles. The first-order valence-corrected chi connectivity index (χ1v) is 10.9. The van der Waals surface area contributed by atoms with Crippen molar-refractivity contribution in [2.45, 2.75) is 44.6 Å². The average molecular weight is 361 g/mol. The Bertz CT molecular complexity index is 414. The lowest BCUT2D eigenvalue weighted by atomic mass is 10.2. The van der Waals surface area contributed by atoms with Crippen LogP contribution in [-0.4, -0.2) is 57.3 Å². The second kappa shape index (κ2) is 8.42. The molecule has 0 aliphatic heterocycles. The van der Waals surface area contributed by atoms with Gasteiger partial charge in [-0.15, -0.1) is 12.8 Å². The minimum absolute atomic E-state index is 0.177. The van der Waals surface area contributed by atoms with E-state index in [1.807, 2.05) is 0 Å². The highest BCUT2D eigenvalue weighted by atomic mass is 28.5. The summed E-state index contributed by atoms with van der Waals surface area (Å²) in [4.78, 5) is 0. The molecule has 0 spiro atoms. The Hall–Kier alpha value is -0.686. The fourth-order valence-corrected chi connectivity index (χ4v) is 9.14. The fraction of sp³-hybridized carbons (Fsp3) is 0.733. The quantitative estimate of drug-likeness (QED) is 0.438. The fourth-order valence-electron chi connectivity index (χ4n) is 1.80. The van der Waals surface area contributed by atoms with Crippen LogP contribution in [0.1, 0.15) is 27.7 Å². The van der Waals surface area contributed by atoms with Crippen molar-refractivity contribution < 1.29 is 26.6 Å². The highest BCUT2D eigenvalue weighted by Crippen LogP contribution is 2.31. The molecule has 0 aromatic carbocycles. The van der Waals surface area contributed by atoms with Crippen LogP contribution in [0, 0.1) is 24.7 Å². The van der Waals surface area contributed by atoms with Gasteiger partial charge >= 0.3 is 17.6 Å². The van der Waals surface area contributed by atoms with E-state index in [-0.39, 0.29) is 5.67 Å². The van der Waals surface area contributed by atoms with Crippen LogP contribution in [0.15, 0.2) is 0 Å². The normalized spacial score (nSPS) is 13.5. The molecular formula is C15H28O6Si2. The van der Waals surface area contributed by atoms with Crippen molar-refractivity contribution in [1.29, 1.82) is 0 Å². The van der Waals surface area contributed by atoms with Gasteiger partial charge in [-0.1, -0.05) is 11.8 Å². The Morgan fingerprint density at radius 2 is 0.957 bits per heavy atom. The Labute approximate surface area is 142 Å². The van der Waals surface area contributed by atoms with Gasteiger partial charge in [0.1, 0.15) is 11.2 Å². The summed E-state index contributed by atoms with van der Waals surface area (Å²) >= 11 is 0. The van der Waals surface area contributed by atoms with Crippen molar-refractivity contribution in [3.63, 3.8) is 0 Å². The molecule has 0 unspecified atom stereocenters. The molecule has 0 saturated carbocycles. The molecule has 0 radical (unpaired) electrons. The van der Waals surface area contributed by atoms with E-state index < -0.39 is 28.8 Å². The predicted octanol–water partition coefficient (Wildman–Crippen LogP) is 1.85. The minimum Gasteiger partial charge on any atom is -0.377 e. The molecule has 0 aromatic heterocycles. The van der Waals surface area contributed by atoms with Gasteiger partial charge in [-0.3, -0.25) is 0 Å². The SMILES string of the molecule is C#CC(C)(C)O[Si](C[Si](OC)(OC)OC(C)(C)C#C)(OC)OC. The molecule has 0 aliphatic rings. The van der Waals surface area contributed by atoms with E-state index in [2.05, 4.69) is 11.8 Å². The highest BCUT2D eigenvalue weighted by molar-refractivity contribution is 6.80. The van der Waals surface area contributed by atoms with Gasteiger partial charge in [0.15, 0.2) is 0 Å². The summed E-state index contributed by atoms with van der Waals surface area (Å²) in [5, 5.41) is 0. The van der Waals surface area contributed by atoms with Crippen molar-refractivity contribution in [2.24, 2.45) is 0 Å². The standard InChI is InChI=1S/C15H28O6Si2/c1-11-14(3,4)20-22(16-7,17-8)13-23(18-9,19-10)21-15(5,6)12-2/h1-2H,13H2,3-10H3. The average Bonchev–Trinajstić information content (AvgIpc) is 2.53. The Kier molecular flexibility index (Phi) is 8.17. The van der Waals surface area contributed by atoms with Crippen molar-refractivity contribution in [3.05, 3.63) is 0 Å². The summed E-state index contributed by atoms with van der Waals surface area (Å²) in [6, 6.07) is 0. The van der Waals surface area contributed by atoms with Crippen LogP contribution in [-0.2, 0) is 26.6 Å². The predicted molar refractivity (Wildman–Crippen MR) is 92.3 cm³/mol. The zero-order valence-corrected chi connectivity index (χ0v) is 17.3. The minimum atomic E-state index is -3.21. The second-order valence-electron chi connectivity index (χ2n) is 5.87. The van der Waals surface area contributed by atoms with Crippen LogP contribution in [0.4, 0.5) is 0 Å². The van der Waals surface area contributed by atoms with Crippen molar-refractivity contribution in [2.75, 3.05) is 28.4 Å². The Balaban J connectivity index is 5.66. The molecule has 0 fully saturated rings. The lowest BCUT2D eigenvalue weighted by Crippen LogP contribution is -2.60. The van der Waals surface area contributed by atoms with Crippen LogP contribution in [0.2, 0.25) is 5.67 Å². The van der Waals surface area contributed by atoms with Gasteiger partial charge in [-0.2, -0.15) is 0 Å². The number of rotatable bonds is 10. The topological polar surface area (TPSA) is 55.4 Å². The van der Waals surface area contributed by atoms with Crippen molar-refractivity contribution in [1.82, 2.24) is 0 Å². The smallest absolute Gasteiger partial charge is 0.377 e. The molecule has 0 atom stereocenters. The van der Waals surface area contributed by atoms with Gasteiger partial charge in [0.2, 0.25) is 0 Å². The van der Waals surface area contributed by atoms with Crippen LogP contribution < -0.4 is 0 Å². The highest BCUT2D eigenvalue weighted by Gasteiger charge is 2.58. The van der Waals surface area contributed by atoms with Crippen molar-refractivity contribution in [3.8, 4) is 24.7 Å². The molecule has 8 heteroatoms. The van der Waals surface area contributed by atoms with E-state index in [4.69, 9.17) is 39.4 Å². The van der Waals surface area contributed by atoms with Crippen molar-refractivity contribution >= 4 is 17.6 Å². The number of terminal acetylenes is 2. The first-order valence-electron chi connectivity index (χ1n) is 7.05. The maximum Gasteiger partial charge on any atom is 0.506 e. The molecule has 0 amide bonds. The molecule has 0 aromatic rings. The van der Waals surface area contributed by atoms with E-state index in [0.29, 0.717) is 0 Å². The summed E-state index contributed by atoms with van der Waals surface area (Å²) in [5.41, 5.74) is -1.57. The Morgan fingerprint density at radius 3 is 1.13 bits per heavy atom. The molecule has 23 heavy (non-hydrogen) atoms. The molecule has 0 saturated heterocycles. The molecule has 0 bridgehead atoms.